The minimum Gasteiger partial charge on any atom is -0.495 e. The fraction of sp³-hybridized carbons (Fsp3) is 0.0417. The molecule has 0 aromatic heterocycles. The van der Waals surface area contributed by atoms with Crippen molar-refractivity contribution in [1.82, 2.24) is 0 Å². The minimum atomic E-state index is 0.633. The lowest BCUT2D eigenvalue weighted by Gasteiger charge is -2.10. The summed E-state index contributed by atoms with van der Waals surface area (Å²) in [5.41, 5.74) is 12.2. The van der Waals surface area contributed by atoms with Crippen molar-refractivity contribution in [2.45, 2.75) is 0 Å². The van der Waals surface area contributed by atoms with E-state index in [-0.39, 0.29) is 0 Å². The van der Waals surface area contributed by atoms with Crippen LogP contribution in [0.15, 0.2) is 170 Å². The van der Waals surface area contributed by atoms with Gasteiger partial charge in [-0.25, -0.2) is 0 Å². The Hall–Kier alpha value is -6.74. The number of ether oxygens (including phenoxy) is 2. The molecule has 0 radical (unpaired) electrons. The quantitative estimate of drug-likeness (QED) is 0.168. The van der Waals surface area contributed by atoms with Crippen molar-refractivity contribution in [2.24, 2.45) is 0 Å². The smallest absolute Gasteiger partial charge is 0.136 e. The molecule has 7 aromatic rings. The molecule has 0 aliphatic rings. The average molecular weight is 643 g/mol. The van der Waals surface area contributed by atoms with Gasteiger partial charge in [0.05, 0.1) is 25.3 Å². The van der Waals surface area contributed by atoms with Crippen LogP contribution in [-0.2, 0) is 0 Å². The molecule has 0 heterocycles. The van der Waals surface area contributed by atoms with Gasteiger partial charge in [-0.2, -0.15) is 0 Å². The van der Waals surface area contributed by atoms with Crippen LogP contribution in [0.25, 0.3) is 44.5 Å². The van der Waals surface area contributed by atoms with E-state index in [0.717, 1.165) is 66.8 Å². The molecule has 0 aliphatic carbocycles. The van der Waals surface area contributed by atoms with Crippen LogP contribution >= 0.6 is 0 Å². The lowest BCUT2D eigenvalue weighted by molar-refractivity contribution is 0.401. The van der Waals surface area contributed by atoms with Crippen molar-refractivity contribution >= 4 is 0 Å². The van der Waals surface area contributed by atoms with E-state index < -0.39 is 0 Å². The van der Waals surface area contributed by atoms with Gasteiger partial charge in [-0.05, 0) is 80.9 Å². The highest BCUT2D eigenvalue weighted by Crippen LogP contribution is 2.31. The first kappa shape index (κ1) is 31.8. The predicted octanol–water partition coefficient (Wildman–Crippen LogP) is 11.2. The molecular weight excluding hydrogens is 609 g/mol. The third kappa shape index (κ3) is 7.37. The van der Waals surface area contributed by atoms with Gasteiger partial charge in [0.1, 0.15) is 11.5 Å². The zero-order valence-electron chi connectivity index (χ0n) is 28.0. The zero-order chi connectivity index (χ0) is 34.1. The maximum atomic E-state index is 5.84. The molecule has 0 atom stereocenters. The third-order valence-corrected chi connectivity index (χ3v) is 8.50. The van der Waals surface area contributed by atoms with Crippen molar-refractivity contribution in [3.8, 4) is 79.7 Å². The van der Waals surface area contributed by atoms with Gasteiger partial charge in [-0.15, -0.1) is 0 Å². The van der Waals surface area contributed by atoms with E-state index in [1.165, 1.54) is 0 Å². The molecule has 0 bridgehead atoms. The Labute approximate surface area is 294 Å². The van der Waals surface area contributed by atoms with Gasteiger partial charge in [0, 0.05) is 23.3 Å². The Morgan fingerprint density at radius 3 is 0.840 bits per heavy atom. The fourth-order valence-electron chi connectivity index (χ4n) is 5.96. The maximum absolute atomic E-state index is 5.84. The van der Waals surface area contributed by atoms with Gasteiger partial charge in [0.25, 0.3) is 0 Å². The molecular formula is C48H34O2. The lowest BCUT2D eigenvalue weighted by Crippen LogP contribution is -1.94. The van der Waals surface area contributed by atoms with Crippen LogP contribution in [0, 0.1) is 23.7 Å². The molecule has 0 amide bonds. The summed E-state index contributed by atoms with van der Waals surface area (Å²) < 4.78 is 11.7. The number of benzene rings is 7. The summed E-state index contributed by atoms with van der Waals surface area (Å²) in [6.07, 6.45) is 0. The summed E-state index contributed by atoms with van der Waals surface area (Å²) in [6.45, 7) is 0. The Bertz CT molecular complexity index is 2090. The summed E-state index contributed by atoms with van der Waals surface area (Å²) in [7, 11) is 3.31. The van der Waals surface area contributed by atoms with E-state index in [9.17, 15) is 0 Å². The summed E-state index contributed by atoms with van der Waals surface area (Å²) in [4.78, 5) is 0. The van der Waals surface area contributed by atoms with Gasteiger partial charge in [-0.3, -0.25) is 0 Å². The number of methoxy groups -OCH3 is 2. The first-order valence-electron chi connectivity index (χ1n) is 16.5. The van der Waals surface area contributed by atoms with Crippen molar-refractivity contribution in [1.29, 1.82) is 0 Å². The summed E-state index contributed by atoms with van der Waals surface area (Å²) in [5, 5.41) is 0. The normalized spacial score (nSPS) is 10.3. The van der Waals surface area contributed by atoms with Crippen LogP contribution in [0.4, 0.5) is 0 Å². The van der Waals surface area contributed by atoms with Crippen LogP contribution in [-0.4, -0.2) is 14.2 Å². The first-order valence-corrected chi connectivity index (χ1v) is 16.5. The molecule has 238 valence electrons. The van der Waals surface area contributed by atoms with Gasteiger partial charge in [0.2, 0.25) is 0 Å². The lowest BCUT2D eigenvalue weighted by atomic mass is 9.96. The third-order valence-electron chi connectivity index (χ3n) is 8.50. The highest BCUT2D eigenvalue weighted by molar-refractivity contribution is 5.77. The molecule has 0 saturated carbocycles. The Morgan fingerprint density at radius 2 is 0.580 bits per heavy atom. The zero-order valence-corrected chi connectivity index (χ0v) is 28.0. The van der Waals surface area contributed by atoms with Crippen LogP contribution < -0.4 is 9.47 Å². The van der Waals surface area contributed by atoms with E-state index >= 15 is 0 Å². The monoisotopic (exact) mass is 642 g/mol. The molecule has 0 spiro atoms. The molecule has 2 nitrogen and oxygen atoms in total. The molecule has 7 rings (SSSR count). The summed E-state index contributed by atoms with van der Waals surface area (Å²) >= 11 is 0. The maximum Gasteiger partial charge on any atom is 0.136 e. The topological polar surface area (TPSA) is 18.5 Å². The Kier molecular flexibility index (Phi) is 9.55. The summed E-state index contributed by atoms with van der Waals surface area (Å²) in [6, 6.07) is 58.3. The molecule has 0 aliphatic heterocycles. The van der Waals surface area contributed by atoms with Crippen molar-refractivity contribution in [3.05, 3.63) is 192 Å². The van der Waals surface area contributed by atoms with Crippen LogP contribution in [0.3, 0.4) is 0 Å². The number of hydrogen-bond donors (Lipinski definition) is 0. The standard InChI is InChI=1S/C48H34O2/c1-49-47-33-42(26-24-36-29-45(39-19-11-5-12-20-39)32-46(30-36)40-21-13-6-14-22-40)48(50-2)34-41(47)25-23-35-27-43(37-15-7-3-8-16-37)31-44(28-35)38-17-9-4-10-18-38/h3-22,27-34H,1-2H3. The molecule has 0 N–H and O–H groups in total. The molecule has 2 heteroatoms. The molecule has 50 heavy (non-hydrogen) atoms. The number of rotatable bonds is 6. The van der Waals surface area contributed by atoms with Crippen molar-refractivity contribution in [3.63, 3.8) is 0 Å². The van der Waals surface area contributed by atoms with Crippen molar-refractivity contribution in [2.75, 3.05) is 14.2 Å². The number of hydrogen-bond acceptors (Lipinski definition) is 2. The highest BCUT2D eigenvalue weighted by atomic mass is 16.5. The second kappa shape index (κ2) is 15.0. The molecule has 0 unspecified atom stereocenters. The van der Waals surface area contributed by atoms with E-state index in [1.807, 2.05) is 36.4 Å². The van der Waals surface area contributed by atoms with E-state index in [0.29, 0.717) is 11.5 Å². The molecule has 7 aromatic carbocycles. The van der Waals surface area contributed by atoms with Gasteiger partial charge in [-0.1, -0.05) is 145 Å². The predicted molar refractivity (Wildman–Crippen MR) is 206 cm³/mol. The van der Waals surface area contributed by atoms with E-state index in [2.05, 4.69) is 157 Å². The summed E-state index contributed by atoms with van der Waals surface area (Å²) in [5.74, 6) is 14.8. The van der Waals surface area contributed by atoms with Gasteiger partial charge >= 0.3 is 0 Å². The Morgan fingerprint density at radius 1 is 0.300 bits per heavy atom. The van der Waals surface area contributed by atoms with Crippen molar-refractivity contribution < 1.29 is 9.47 Å². The largest absolute Gasteiger partial charge is 0.495 e. The fourth-order valence-corrected chi connectivity index (χ4v) is 5.96. The molecule has 0 saturated heterocycles. The van der Waals surface area contributed by atoms with Gasteiger partial charge in [0.15, 0.2) is 0 Å². The average Bonchev–Trinajstić information content (AvgIpc) is 3.20. The van der Waals surface area contributed by atoms with Crippen LogP contribution in [0.2, 0.25) is 0 Å². The second-order valence-corrected chi connectivity index (χ2v) is 11.8. The SMILES string of the molecule is COc1cc(C#Cc2cc(-c3ccccc3)cc(-c3ccccc3)c2)c(OC)cc1C#Cc1cc(-c2ccccc2)cc(-c2ccccc2)c1. The van der Waals surface area contributed by atoms with E-state index in [4.69, 9.17) is 9.47 Å². The van der Waals surface area contributed by atoms with E-state index in [1.54, 1.807) is 14.2 Å². The van der Waals surface area contributed by atoms with Crippen LogP contribution in [0.1, 0.15) is 22.3 Å². The first-order chi connectivity index (χ1) is 24.7. The molecule has 0 fully saturated rings. The Balaban J connectivity index is 1.26. The minimum absolute atomic E-state index is 0.633. The van der Waals surface area contributed by atoms with Gasteiger partial charge < -0.3 is 9.47 Å². The highest BCUT2D eigenvalue weighted by Gasteiger charge is 2.11. The van der Waals surface area contributed by atoms with Crippen LogP contribution in [0.5, 0.6) is 11.5 Å². The second-order valence-electron chi connectivity index (χ2n) is 11.8.